The largest absolute Gasteiger partial charge is 0.464 e. The number of pyridine rings is 1. The number of hydrogen-bond donors (Lipinski definition) is 0. The molecule has 0 saturated carbocycles. The Balaban J connectivity index is 1.19. The zero-order valence-electron chi connectivity index (χ0n) is 15.3. The Hall–Kier alpha value is -2.34. The lowest BCUT2D eigenvalue weighted by Gasteiger charge is -2.34. The average molecular weight is 382 g/mol. The molecule has 5 nitrogen and oxygen atoms in total. The molecular weight excluding hydrogens is 358 g/mol. The summed E-state index contributed by atoms with van der Waals surface area (Å²) < 4.78 is 5.49. The van der Waals surface area contributed by atoms with Gasteiger partial charge in [0.15, 0.2) is 0 Å². The molecule has 140 valence electrons. The van der Waals surface area contributed by atoms with E-state index in [0.717, 1.165) is 62.2 Å². The van der Waals surface area contributed by atoms with E-state index in [9.17, 15) is 4.79 Å². The molecule has 0 aliphatic carbocycles. The van der Waals surface area contributed by atoms with Gasteiger partial charge in [-0.3, -0.25) is 4.79 Å². The number of anilines is 1. The minimum Gasteiger partial charge on any atom is -0.464 e. The summed E-state index contributed by atoms with van der Waals surface area (Å²) in [5, 5.41) is 3.22. The fourth-order valence-corrected chi connectivity index (χ4v) is 5.21. The summed E-state index contributed by atoms with van der Waals surface area (Å²) in [6, 6.07) is 6.06. The van der Waals surface area contributed by atoms with Gasteiger partial charge in [0, 0.05) is 43.7 Å². The Labute approximate surface area is 162 Å². The molecule has 27 heavy (non-hydrogen) atoms. The molecule has 1 saturated heterocycles. The van der Waals surface area contributed by atoms with E-state index < -0.39 is 0 Å². The molecule has 5 rings (SSSR count). The van der Waals surface area contributed by atoms with E-state index in [2.05, 4.69) is 26.2 Å². The highest BCUT2D eigenvalue weighted by Gasteiger charge is 2.27. The summed E-state index contributed by atoms with van der Waals surface area (Å²) in [4.78, 5) is 23.2. The number of furan rings is 1. The van der Waals surface area contributed by atoms with Crippen LogP contribution >= 0.6 is 11.3 Å². The van der Waals surface area contributed by atoms with Crippen molar-refractivity contribution in [1.82, 2.24) is 9.88 Å². The van der Waals surface area contributed by atoms with Crippen LogP contribution in [0.1, 0.15) is 29.7 Å². The van der Waals surface area contributed by atoms with Gasteiger partial charge >= 0.3 is 0 Å². The predicted octanol–water partition coefficient (Wildman–Crippen LogP) is 4.08. The van der Waals surface area contributed by atoms with Crippen molar-refractivity contribution in [2.24, 2.45) is 5.92 Å². The Bertz CT molecular complexity index is 955. The van der Waals surface area contributed by atoms with Crippen molar-refractivity contribution in [3.05, 3.63) is 46.5 Å². The molecule has 0 aromatic carbocycles. The van der Waals surface area contributed by atoms with Crippen LogP contribution < -0.4 is 4.90 Å². The second-order valence-corrected chi connectivity index (χ2v) is 8.54. The van der Waals surface area contributed by atoms with Crippen LogP contribution in [0.4, 0.5) is 5.82 Å². The number of carbonyl (C=O) groups is 1. The molecule has 1 amide bonds. The first-order valence-corrected chi connectivity index (χ1v) is 10.6. The number of nitrogens with zero attached hydrogens (tertiary/aromatic N) is 3. The van der Waals surface area contributed by atoms with E-state index in [1.54, 1.807) is 6.26 Å². The molecule has 1 fully saturated rings. The predicted molar refractivity (Wildman–Crippen MR) is 107 cm³/mol. The molecule has 0 atom stereocenters. The van der Waals surface area contributed by atoms with Crippen LogP contribution in [-0.4, -0.2) is 35.4 Å². The topological polar surface area (TPSA) is 49.6 Å². The number of piperidine rings is 1. The van der Waals surface area contributed by atoms with E-state index in [-0.39, 0.29) is 0 Å². The van der Waals surface area contributed by atoms with Crippen molar-refractivity contribution in [2.45, 2.75) is 32.2 Å². The molecule has 5 heterocycles. The minimum absolute atomic E-state index is 0.320. The molecule has 0 unspecified atom stereocenters. The summed E-state index contributed by atoms with van der Waals surface area (Å²) in [5.41, 5.74) is 2.23. The highest BCUT2D eigenvalue weighted by atomic mass is 32.1. The Morgan fingerprint density at radius 2 is 2.11 bits per heavy atom. The fourth-order valence-electron chi connectivity index (χ4n) is 4.32. The van der Waals surface area contributed by atoms with Gasteiger partial charge in [-0.1, -0.05) is 0 Å². The van der Waals surface area contributed by atoms with Crippen molar-refractivity contribution < 1.29 is 9.21 Å². The first kappa shape index (κ1) is 16.8. The normalized spacial score (nSPS) is 18.1. The van der Waals surface area contributed by atoms with Gasteiger partial charge in [-0.2, -0.15) is 0 Å². The Morgan fingerprint density at radius 3 is 3.00 bits per heavy atom. The standard InChI is InChI=1S/C21H23N3O2S/c25-20(24-10-4-19-16(14-24)6-12-27-19)13-15-2-8-23(9-3-15)21-17-5-11-26-18(17)1-7-22-21/h1,5-7,11-12,15H,2-4,8-10,13-14H2. The van der Waals surface area contributed by atoms with Crippen LogP contribution in [0.15, 0.2) is 40.5 Å². The van der Waals surface area contributed by atoms with Crippen molar-refractivity contribution in [2.75, 3.05) is 24.5 Å². The molecule has 2 aliphatic heterocycles. The Kier molecular flexibility index (Phi) is 4.36. The molecule has 0 N–H and O–H groups in total. The number of hydrogen-bond acceptors (Lipinski definition) is 5. The number of fused-ring (bicyclic) bond motifs is 2. The molecule has 6 heteroatoms. The number of amides is 1. The summed E-state index contributed by atoms with van der Waals surface area (Å²) in [6.07, 6.45) is 7.30. The lowest BCUT2D eigenvalue weighted by Crippen LogP contribution is -2.39. The van der Waals surface area contributed by atoms with Crippen LogP contribution in [0.25, 0.3) is 11.0 Å². The van der Waals surface area contributed by atoms with E-state index in [0.29, 0.717) is 18.2 Å². The van der Waals surface area contributed by atoms with Gasteiger partial charge in [0.1, 0.15) is 11.4 Å². The van der Waals surface area contributed by atoms with Gasteiger partial charge in [-0.15, -0.1) is 11.3 Å². The molecule has 2 aliphatic rings. The zero-order chi connectivity index (χ0) is 18.2. The molecule has 0 spiro atoms. The molecule has 0 bridgehead atoms. The first-order valence-electron chi connectivity index (χ1n) is 9.68. The summed E-state index contributed by atoms with van der Waals surface area (Å²) >= 11 is 1.82. The molecular formula is C21H23N3O2S. The third-order valence-electron chi connectivity index (χ3n) is 5.90. The van der Waals surface area contributed by atoms with Crippen molar-refractivity contribution in [1.29, 1.82) is 0 Å². The highest BCUT2D eigenvalue weighted by Crippen LogP contribution is 2.31. The third kappa shape index (κ3) is 3.23. The number of thiophene rings is 1. The maximum atomic E-state index is 12.8. The second kappa shape index (κ2) is 7.00. The maximum absolute atomic E-state index is 12.8. The minimum atomic E-state index is 0.320. The monoisotopic (exact) mass is 381 g/mol. The smallest absolute Gasteiger partial charge is 0.223 e. The highest BCUT2D eigenvalue weighted by molar-refractivity contribution is 7.10. The van der Waals surface area contributed by atoms with Crippen LogP contribution in [-0.2, 0) is 17.8 Å². The van der Waals surface area contributed by atoms with Gasteiger partial charge in [0.05, 0.1) is 11.6 Å². The van der Waals surface area contributed by atoms with Crippen molar-refractivity contribution >= 4 is 34.0 Å². The SMILES string of the molecule is O=C(CC1CCN(c2nccc3occc23)CC1)N1CCc2sccc2C1. The first-order chi connectivity index (χ1) is 13.3. The zero-order valence-corrected chi connectivity index (χ0v) is 16.1. The van der Waals surface area contributed by atoms with Crippen molar-refractivity contribution in [3.63, 3.8) is 0 Å². The fraction of sp³-hybridized carbons (Fsp3) is 0.429. The lowest BCUT2D eigenvalue weighted by atomic mass is 9.92. The van der Waals surface area contributed by atoms with Gasteiger partial charge in [0.2, 0.25) is 5.91 Å². The van der Waals surface area contributed by atoms with E-state index >= 15 is 0 Å². The van der Waals surface area contributed by atoms with E-state index in [1.165, 1.54) is 10.4 Å². The molecule has 0 radical (unpaired) electrons. The number of carbonyl (C=O) groups excluding carboxylic acids is 1. The van der Waals surface area contributed by atoms with Crippen LogP contribution in [0.3, 0.4) is 0 Å². The van der Waals surface area contributed by atoms with Crippen LogP contribution in [0.2, 0.25) is 0 Å². The summed E-state index contributed by atoms with van der Waals surface area (Å²) in [5.74, 6) is 1.80. The summed E-state index contributed by atoms with van der Waals surface area (Å²) in [7, 11) is 0. The molecule has 3 aromatic heterocycles. The maximum Gasteiger partial charge on any atom is 0.223 e. The van der Waals surface area contributed by atoms with Gasteiger partial charge in [0.25, 0.3) is 0 Å². The third-order valence-corrected chi connectivity index (χ3v) is 6.92. The Morgan fingerprint density at radius 1 is 1.22 bits per heavy atom. The van der Waals surface area contributed by atoms with Crippen LogP contribution in [0, 0.1) is 5.92 Å². The second-order valence-electron chi connectivity index (χ2n) is 7.54. The lowest BCUT2D eigenvalue weighted by molar-refractivity contribution is -0.133. The van der Waals surface area contributed by atoms with E-state index in [1.807, 2.05) is 29.7 Å². The van der Waals surface area contributed by atoms with Gasteiger partial charge in [-0.05, 0) is 54.3 Å². The molecule has 3 aromatic rings. The van der Waals surface area contributed by atoms with Gasteiger partial charge in [-0.25, -0.2) is 4.98 Å². The van der Waals surface area contributed by atoms with E-state index in [4.69, 9.17) is 4.42 Å². The van der Waals surface area contributed by atoms with Crippen LogP contribution in [0.5, 0.6) is 0 Å². The number of aromatic nitrogens is 1. The quantitative estimate of drug-likeness (QED) is 0.686. The van der Waals surface area contributed by atoms with Gasteiger partial charge < -0.3 is 14.2 Å². The number of rotatable bonds is 3. The summed E-state index contributed by atoms with van der Waals surface area (Å²) in [6.45, 7) is 3.56. The average Bonchev–Trinajstić information content (AvgIpc) is 3.37. The van der Waals surface area contributed by atoms with Crippen molar-refractivity contribution in [3.8, 4) is 0 Å².